The van der Waals surface area contributed by atoms with Crippen LogP contribution in [0.25, 0.3) is 0 Å². The van der Waals surface area contributed by atoms with Crippen molar-refractivity contribution < 1.29 is 19.0 Å². The Morgan fingerprint density at radius 3 is 2.50 bits per heavy atom. The van der Waals surface area contributed by atoms with Crippen LogP contribution >= 0.6 is 11.6 Å². The molecule has 164 valence electrons. The number of halogens is 2. The molecule has 30 heavy (non-hydrogen) atoms. The van der Waals surface area contributed by atoms with Crippen molar-refractivity contribution in [3.63, 3.8) is 0 Å². The zero-order valence-electron chi connectivity index (χ0n) is 17.8. The molecule has 0 spiro atoms. The molecule has 0 aliphatic heterocycles. The molecule has 0 fully saturated rings. The number of amides is 1. The molecule has 0 saturated heterocycles. The fraction of sp³-hybridized carbons (Fsp3) is 0.435. The minimum absolute atomic E-state index is 0.0174. The Morgan fingerprint density at radius 1 is 1.23 bits per heavy atom. The third kappa shape index (κ3) is 7.27. The molecule has 0 bridgehead atoms. The van der Waals surface area contributed by atoms with Gasteiger partial charge in [-0.3, -0.25) is 4.79 Å². The average molecular weight is 437 g/mol. The molecule has 3 N–H and O–H groups in total. The number of ether oxygens (including phenoxy) is 1. The summed E-state index contributed by atoms with van der Waals surface area (Å²) in [7, 11) is 0. The topological polar surface area (TPSA) is 70.6 Å². The zero-order chi connectivity index (χ0) is 22.3. The van der Waals surface area contributed by atoms with Crippen molar-refractivity contribution in [2.24, 2.45) is 0 Å². The second-order valence-corrected chi connectivity index (χ2v) is 8.42. The first-order chi connectivity index (χ1) is 14.1. The molecular formula is C23H30ClFN2O3. The third-order valence-corrected chi connectivity index (χ3v) is 4.82. The fourth-order valence-electron chi connectivity index (χ4n) is 3.01. The normalized spacial score (nSPS) is 13.6. The number of benzene rings is 2. The summed E-state index contributed by atoms with van der Waals surface area (Å²) in [6.07, 6.45) is 0.814. The van der Waals surface area contributed by atoms with E-state index in [-0.39, 0.29) is 41.7 Å². The quantitative estimate of drug-likeness (QED) is 0.491. The van der Waals surface area contributed by atoms with Crippen molar-refractivity contribution in [3.05, 3.63) is 58.9 Å². The summed E-state index contributed by atoms with van der Waals surface area (Å²) in [4.78, 5) is 12.1. The number of rotatable bonds is 10. The molecule has 2 aromatic carbocycles. The number of hydrogen-bond donors (Lipinski definition) is 3. The maximum Gasteiger partial charge on any atom is 0.221 e. The molecule has 0 radical (unpaired) electrons. The van der Waals surface area contributed by atoms with Gasteiger partial charge in [0, 0.05) is 30.6 Å². The van der Waals surface area contributed by atoms with Crippen LogP contribution in [0.1, 0.15) is 52.1 Å². The van der Waals surface area contributed by atoms with Crippen LogP contribution in [-0.2, 0) is 4.79 Å². The molecule has 0 aromatic heterocycles. The molecule has 1 amide bonds. The predicted molar refractivity (Wildman–Crippen MR) is 117 cm³/mol. The summed E-state index contributed by atoms with van der Waals surface area (Å²) in [6.45, 7) is 7.22. The van der Waals surface area contributed by atoms with Gasteiger partial charge in [0.15, 0.2) is 11.6 Å². The summed E-state index contributed by atoms with van der Waals surface area (Å²) in [5, 5.41) is 15.9. The Hall–Kier alpha value is -2.15. The van der Waals surface area contributed by atoms with Crippen LogP contribution < -0.4 is 15.4 Å². The number of nitrogens with one attached hydrogen (secondary N) is 2. The van der Waals surface area contributed by atoms with Crippen LogP contribution in [0.15, 0.2) is 42.5 Å². The molecule has 2 aromatic rings. The van der Waals surface area contributed by atoms with Crippen LogP contribution in [0.2, 0.25) is 5.02 Å². The van der Waals surface area contributed by atoms with Gasteiger partial charge in [-0.1, -0.05) is 42.8 Å². The van der Waals surface area contributed by atoms with Crippen molar-refractivity contribution >= 4 is 17.5 Å². The summed E-state index contributed by atoms with van der Waals surface area (Å²) in [5.41, 5.74) is -0.545. The largest absolute Gasteiger partial charge is 0.453 e. The molecule has 0 aliphatic rings. The lowest BCUT2D eigenvalue weighted by Crippen LogP contribution is -2.41. The third-order valence-electron chi connectivity index (χ3n) is 4.52. The predicted octanol–water partition coefficient (Wildman–Crippen LogP) is 4.98. The van der Waals surface area contributed by atoms with Gasteiger partial charge in [-0.15, -0.1) is 0 Å². The van der Waals surface area contributed by atoms with Crippen molar-refractivity contribution in [1.29, 1.82) is 0 Å². The average Bonchev–Trinajstić information content (AvgIpc) is 2.68. The van der Waals surface area contributed by atoms with Gasteiger partial charge < -0.3 is 20.5 Å². The second-order valence-electron chi connectivity index (χ2n) is 8.02. The standard InChI is InChI=1S/C23H30ClFN2O3/c1-5-19(27-15(2)13-20(28)26-14-23(3,4)29)17-11-12-18(24)22(21(17)25)30-16-9-7-6-8-10-16/h6-12,15,19,27,29H,5,13-14H2,1-4H3,(H,26,28)/t15-,19-/m1/s1. The SMILES string of the molecule is CC[C@@H](N[C@H](C)CC(=O)NCC(C)(C)O)c1ccc(Cl)c(Oc2ccccc2)c1F. The Balaban J connectivity index is 2.10. The molecule has 5 nitrogen and oxygen atoms in total. The van der Waals surface area contributed by atoms with Gasteiger partial charge in [-0.05, 0) is 45.4 Å². The van der Waals surface area contributed by atoms with Crippen molar-refractivity contribution in [1.82, 2.24) is 10.6 Å². The molecule has 0 aliphatic carbocycles. The first-order valence-electron chi connectivity index (χ1n) is 10.1. The van der Waals surface area contributed by atoms with Crippen LogP contribution in [0, 0.1) is 5.82 Å². The van der Waals surface area contributed by atoms with E-state index >= 15 is 4.39 Å². The van der Waals surface area contributed by atoms with E-state index in [0.717, 1.165) is 0 Å². The molecule has 2 atom stereocenters. The van der Waals surface area contributed by atoms with E-state index in [0.29, 0.717) is 17.7 Å². The first-order valence-corrected chi connectivity index (χ1v) is 10.4. The number of carbonyl (C=O) groups excluding carboxylic acids is 1. The van der Waals surface area contributed by atoms with Crippen LogP contribution in [0.3, 0.4) is 0 Å². The van der Waals surface area contributed by atoms with Crippen molar-refractivity contribution in [2.75, 3.05) is 6.54 Å². The lowest BCUT2D eigenvalue weighted by atomic mass is 10.0. The molecule has 2 rings (SSSR count). The van der Waals surface area contributed by atoms with Crippen LogP contribution in [-0.4, -0.2) is 29.2 Å². The highest BCUT2D eigenvalue weighted by atomic mass is 35.5. The van der Waals surface area contributed by atoms with E-state index in [1.165, 1.54) is 0 Å². The Morgan fingerprint density at radius 2 is 1.90 bits per heavy atom. The van der Waals surface area contributed by atoms with Gasteiger partial charge in [0.1, 0.15) is 5.75 Å². The number of aliphatic hydroxyl groups is 1. The molecule has 0 saturated carbocycles. The van der Waals surface area contributed by atoms with Gasteiger partial charge in [-0.2, -0.15) is 0 Å². The van der Waals surface area contributed by atoms with Gasteiger partial charge in [-0.25, -0.2) is 4.39 Å². The van der Waals surface area contributed by atoms with E-state index in [1.54, 1.807) is 50.2 Å². The second kappa shape index (κ2) is 10.8. The minimum atomic E-state index is -0.972. The van der Waals surface area contributed by atoms with Crippen molar-refractivity contribution in [3.8, 4) is 11.5 Å². The smallest absolute Gasteiger partial charge is 0.221 e. The van der Waals surface area contributed by atoms with E-state index in [1.807, 2.05) is 19.9 Å². The minimum Gasteiger partial charge on any atom is -0.453 e. The number of hydrogen-bond acceptors (Lipinski definition) is 4. The Kier molecular flexibility index (Phi) is 8.65. The highest BCUT2D eigenvalue weighted by molar-refractivity contribution is 6.32. The van der Waals surface area contributed by atoms with E-state index in [2.05, 4.69) is 10.6 Å². The maximum absolute atomic E-state index is 15.3. The van der Waals surface area contributed by atoms with E-state index in [9.17, 15) is 9.90 Å². The summed E-state index contributed by atoms with van der Waals surface area (Å²) < 4.78 is 21.0. The molecule has 0 heterocycles. The van der Waals surface area contributed by atoms with Gasteiger partial charge in [0.2, 0.25) is 5.91 Å². The highest BCUT2D eigenvalue weighted by Gasteiger charge is 2.23. The monoisotopic (exact) mass is 436 g/mol. The van der Waals surface area contributed by atoms with E-state index in [4.69, 9.17) is 16.3 Å². The van der Waals surface area contributed by atoms with E-state index < -0.39 is 11.4 Å². The zero-order valence-corrected chi connectivity index (χ0v) is 18.6. The maximum atomic E-state index is 15.3. The lowest BCUT2D eigenvalue weighted by molar-refractivity contribution is -0.122. The summed E-state index contributed by atoms with van der Waals surface area (Å²) >= 11 is 6.19. The lowest BCUT2D eigenvalue weighted by Gasteiger charge is -2.24. The Bertz CT molecular complexity index is 840. The van der Waals surface area contributed by atoms with Gasteiger partial charge in [0.05, 0.1) is 10.6 Å². The van der Waals surface area contributed by atoms with Gasteiger partial charge in [0.25, 0.3) is 0 Å². The molecule has 7 heteroatoms. The summed E-state index contributed by atoms with van der Waals surface area (Å²) in [5.74, 6) is -0.231. The molecule has 0 unspecified atom stereocenters. The number of carbonyl (C=O) groups is 1. The summed E-state index contributed by atoms with van der Waals surface area (Å²) in [6, 6.07) is 11.6. The highest BCUT2D eigenvalue weighted by Crippen LogP contribution is 2.36. The number of para-hydroxylation sites is 1. The van der Waals surface area contributed by atoms with Crippen LogP contribution in [0.5, 0.6) is 11.5 Å². The first kappa shape index (κ1) is 24.1. The Labute approximate surface area is 182 Å². The molecular weight excluding hydrogens is 407 g/mol. The fourth-order valence-corrected chi connectivity index (χ4v) is 3.20. The van der Waals surface area contributed by atoms with Crippen LogP contribution in [0.4, 0.5) is 4.39 Å². The van der Waals surface area contributed by atoms with Gasteiger partial charge >= 0.3 is 0 Å². The van der Waals surface area contributed by atoms with Crippen molar-refractivity contribution in [2.45, 2.75) is 58.2 Å².